The summed E-state index contributed by atoms with van der Waals surface area (Å²) in [6.07, 6.45) is -1.81. The van der Waals surface area contributed by atoms with Crippen LogP contribution in [0.5, 0.6) is 11.5 Å². The minimum atomic E-state index is -3.80. The normalized spacial score (nSPS) is 16.1. The maximum atomic E-state index is 15.9. The van der Waals surface area contributed by atoms with Crippen LogP contribution in [0.4, 0.5) is 29.3 Å². The molecule has 82 heavy (non-hydrogen) atoms. The highest BCUT2D eigenvalue weighted by Gasteiger charge is 2.53. The molecule has 6 aromatic rings. The van der Waals surface area contributed by atoms with Gasteiger partial charge >= 0.3 is 12.4 Å². The molecule has 438 valence electrons. The summed E-state index contributed by atoms with van der Waals surface area (Å²) in [7, 11) is 0. The number of thioether (sulfide) groups is 1. The molecule has 0 spiro atoms. The molecule has 1 saturated carbocycles. The summed E-state index contributed by atoms with van der Waals surface area (Å²) in [5.41, 5.74) is 3.51. The SMILES string of the molecule is CCCSc1cc(NCCNC(=O)OC(C)(C)C)c2nnn(Cc3ccc(C#CCNC(=O)C4CCN(CCNC[C@H](O)Cn5c(C(C)(C)CO)cc6cc(NC(=O)C7(c8ccc9c(c8)OC(F)(F)O9)CC7)c(F)cc65)CC4)cc3)c2c1. The molecule has 4 aromatic carbocycles. The van der Waals surface area contributed by atoms with E-state index in [2.05, 4.69) is 82.2 Å². The number of anilines is 2. The molecule has 7 N–H and O–H groups in total. The lowest BCUT2D eigenvalue weighted by molar-refractivity contribution is -0.286. The Balaban J connectivity index is 0.702. The van der Waals surface area contributed by atoms with E-state index < -0.39 is 46.6 Å². The van der Waals surface area contributed by atoms with E-state index in [0.717, 1.165) is 64.6 Å². The number of carbonyl (C=O) groups excluding carboxylic acids is 3. The Morgan fingerprint density at radius 3 is 2.39 bits per heavy atom. The zero-order valence-corrected chi connectivity index (χ0v) is 48.0. The molecule has 0 unspecified atom stereocenters. The number of piperidine rings is 1. The number of fused-ring (bicyclic) bond motifs is 3. The second kappa shape index (κ2) is 25.2. The Morgan fingerprint density at radius 1 is 0.915 bits per heavy atom. The third kappa shape index (κ3) is 14.6. The first-order chi connectivity index (χ1) is 39.1. The Kier molecular flexibility index (Phi) is 18.3. The summed E-state index contributed by atoms with van der Waals surface area (Å²) >= 11 is 1.77. The lowest BCUT2D eigenvalue weighted by Gasteiger charge is -2.31. The number of benzene rings is 4. The van der Waals surface area contributed by atoms with Gasteiger partial charge < -0.3 is 60.5 Å². The molecule has 22 heteroatoms. The van der Waals surface area contributed by atoms with Gasteiger partial charge in [-0.2, -0.15) is 0 Å². The topological polar surface area (TPSA) is 218 Å². The van der Waals surface area contributed by atoms with Crippen molar-refractivity contribution in [3.05, 3.63) is 101 Å². The van der Waals surface area contributed by atoms with Crippen molar-refractivity contribution in [1.29, 1.82) is 0 Å². The molecular formula is C60H73F3N10O8S. The number of likely N-dealkylation sites (tertiary alicyclic amines) is 1. The Bertz CT molecular complexity index is 3340. The van der Waals surface area contributed by atoms with Gasteiger partial charge in [0.05, 0.1) is 60.2 Å². The van der Waals surface area contributed by atoms with E-state index in [0.29, 0.717) is 74.0 Å². The van der Waals surface area contributed by atoms with Gasteiger partial charge in [0.2, 0.25) is 11.8 Å². The Labute approximate surface area is 479 Å². The molecule has 4 heterocycles. The van der Waals surface area contributed by atoms with Crippen molar-refractivity contribution in [2.45, 2.75) is 120 Å². The molecule has 0 bridgehead atoms. The molecule has 3 amide bonds. The monoisotopic (exact) mass is 1150 g/mol. The smallest absolute Gasteiger partial charge is 0.444 e. The highest BCUT2D eigenvalue weighted by atomic mass is 32.2. The second-order valence-corrected chi connectivity index (χ2v) is 24.1. The highest BCUT2D eigenvalue weighted by molar-refractivity contribution is 7.99. The molecule has 9 rings (SSSR count). The number of aliphatic hydroxyl groups excluding tert-OH is 2. The number of ether oxygens (including phenoxy) is 3. The molecule has 2 aliphatic heterocycles. The molecule has 2 fully saturated rings. The van der Waals surface area contributed by atoms with Crippen LogP contribution in [0, 0.1) is 23.6 Å². The van der Waals surface area contributed by atoms with Crippen LogP contribution in [0.3, 0.4) is 0 Å². The van der Waals surface area contributed by atoms with Crippen LogP contribution in [0.1, 0.15) is 96.0 Å². The third-order valence-electron chi connectivity index (χ3n) is 14.8. The largest absolute Gasteiger partial charge is 0.586 e. The first-order valence-corrected chi connectivity index (χ1v) is 28.9. The molecule has 1 aliphatic carbocycles. The summed E-state index contributed by atoms with van der Waals surface area (Å²) in [6.45, 7) is 15.9. The average molecular weight is 1150 g/mol. The van der Waals surface area contributed by atoms with Gasteiger partial charge in [0, 0.05) is 71.7 Å². The number of hydrogen-bond acceptors (Lipinski definition) is 14. The van der Waals surface area contributed by atoms with E-state index >= 15 is 4.39 Å². The predicted molar refractivity (Wildman–Crippen MR) is 309 cm³/mol. The van der Waals surface area contributed by atoms with E-state index in [1.165, 1.54) is 30.3 Å². The van der Waals surface area contributed by atoms with E-state index in [1.54, 1.807) is 16.3 Å². The molecular weight excluding hydrogens is 1080 g/mol. The molecule has 1 atom stereocenters. The van der Waals surface area contributed by atoms with E-state index in [-0.39, 0.29) is 55.3 Å². The van der Waals surface area contributed by atoms with Crippen LogP contribution in [0.25, 0.3) is 21.9 Å². The summed E-state index contributed by atoms with van der Waals surface area (Å²) in [5.74, 6) is 5.61. The quantitative estimate of drug-likeness (QED) is 0.0183. The maximum Gasteiger partial charge on any atom is 0.586 e. The van der Waals surface area contributed by atoms with Crippen LogP contribution in [0.15, 0.2) is 77.7 Å². The van der Waals surface area contributed by atoms with Gasteiger partial charge in [-0.3, -0.25) is 9.59 Å². The van der Waals surface area contributed by atoms with Crippen LogP contribution >= 0.6 is 11.8 Å². The van der Waals surface area contributed by atoms with E-state index in [1.807, 2.05) is 69.6 Å². The number of amides is 3. The fourth-order valence-electron chi connectivity index (χ4n) is 10.2. The van der Waals surface area contributed by atoms with Crippen molar-refractivity contribution in [1.82, 2.24) is 40.4 Å². The summed E-state index contributed by atoms with van der Waals surface area (Å²) in [5, 5.41) is 46.5. The van der Waals surface area contributed by atoms with Crippen molar-refractivity contribution in [2.24, 2.45) is 5.92 Å². The lowest BCUT2D eigenvalue weighted by Crippen LogP contribution is -2.43. The Morgan fingerprint density at radius 2 is 1.67 bits per heavy atom. The fourth-order valence-corrected chi connectivity index (χ4v) is 11.1. The van der Waals surface area contributed by atoms with Crippen LogP contribution < -0.4 is 36.1 Å². The van der Waals surface area contributed by atoms with Crippen LogP contribution in [0.2, 0.25) is 0 Å². The van der Waals surface area contributed by atoms with Crippen molar-refractivity contribution >= 4 is 63.0 Å². The number of aromatic nitrogens is 4. The number of alkyl halides is 2. The number of aliphatic hydroxyl groups is 2. The van der Waals surface area contributed by atoms with Gasteiger partial charge in [-0.1, -0.05) is 56.0 Å². The van der Waals surface area contributed by atoms with Gasteiger partial charge in [-0.15, -0.1) is 25.6 Å². The lowest BCUT2D eigenvalue weighted by atomic mass is 9.90. The molecule has 2 aromatic heterocycles. The minimum Gasteiger partial charge on any atom is -0.444 e. The number of nitrogens with one attached hydrogen (secondary N) is 5. The van der Waals surface area contributed by atoms with Gasteiger partial charge in [0.15, 0.2) is 11.5 Å². The molecule has 0 radical (unpaired) electrons. The second-order valence-electron chi connectivity index (χ2n) is 22.9. The summed E-state index contributed by atoms with van der Waals surface area (Å²) in [6, 6.07) is 21.0. The number of hydrogen-bond donors (Lipinski definition) is 7. The molecule has 18 nitrogen and oxygen atoms in total. The predicted octanol–water partition coefficient (Wildman–Crippen LogP) is 8.10. The zero-order chi connectivity index (χ0) is 58.4. The Hall–Kier alpha value is -7.03. The summed E-state index contributed by atoms with van der Waals surface area (Å²) in [4.78, 5) is 42.4. The van der Waals surface area contributed by atoms with Gasteiger partial charge in [-0.25, -0.2) is 13.9 Å². The minimum absolute atomic E-state index is 0.0114. The molecule has 3 aliphatic rings. The van der Waals surface area contributed by atoms with Crippen molar-refractivity contribution in [2.75, 3.05) is 75.4 Å². The van der Waals surface area contributed by atoms with Crippen molar-refractivity contribution in [3.8, 4) is 23.3 Å². The average Bonchev–Trinajstić information content (AvgIpc) is 3.47. The first-order valence-electron chi connectivity index (χ1n) is 28.0. The number of nitrogens with zero attached hydrogens (tertiary/aromatic N) is 5. The molecule has 1 saturated heterocycles. The third-order valence-corrected chi connectivity index (χ3v) is 16.0. The highest BCUT2D eigenvalue weighted by Crippen LogP contribution is 2.52. The number of halogens is 3. The standard InChI is InChI=1S/C60H73F3N10O8S/c1-7-27-82-44-31-47(65-21-22-67-56(78)81-57(2,3)4)53-49(32-44)73(70-69-53)35-39-12-10-38(11-13-39)9-8-20-66-54(76)40-16-24-71(25-17-40)26-23-64-34-43(75)36-72-48-33-45(61)46(28-41(48)29-52(72)58(5,6)37-74)68-55(77)59(18-19-59)42-14-15-50-51(30-42)80-60(62,63)79-50/h10-15,28-33,40,43,64-65,74-75H,7,16-27,34-37H2,1-6H3,(H,66,76)(H,67,78)(H,68,77)/t43-/m0/s1. The number of rotatable bonds is 23. The van der Waals surface area contributed by atoms with Crippen molar-refractivity contribution in [3.63, 3.8) is 0 Å². The van der Waals surface area contributed by atoms with Crippen LogP contribution in [-0.4, -0.2) is 135 Å². The van der Waals surface area contributed by atoms with Crippen molar-refractivity contribution < 1.29 is 52.0 Å². The van der Waals surface area contributed by atoms with Crippen LogP contribution in [-0.2, 0) is 38.2 Å². The van der Waals surface area contributed by atoms with Gasteiger partial charge in [-0.05, 0) is 131 Å². The van der Waals surface area contributed by atoms with E-state index in [4.69, 9.17) is 4.74 Å². The fraction of sp³-hybridized carbons (Fsp3) is 0.483. The summed E-state index contributed by atoms with van der Waals surface area (Å²) < 4.78 is 61.5. The van der Waals surface area contributed by atoms with Gasteiger partial charge in [0.25, 0.3) is 0 Å². The zero-order valence-electron chi connectivity index (χ0n) is 47.2. The maximum absolute atomic E-state index is 15.9. The number of carbonyl (C=O) groups is 3. The number of alkyl carbamates (subject to hydrolysis) is 1. The van der Waals surface area contributed by atoms with Gasteiger partial charge in [0.1, 0.15) is 16.9 Å². The first kappa shape index (κ1) is 59.6. The van der Waals surface area contributed by atoms with E-state index in [9.17, 15) is 33.4 Å².